The third-order valence-electron chi connectivity index (χ3n) is 2.48. The molecule has 1 saturated carbocycles. The van der Waals surface area contributed by atoms with E-state index < -0.39 is 9.04 Å². The average molecular weight is 194 g/mol. The zero-order valence-corrected chi connectivity index (χ0v) is 9.32. The molecule has 0 saturated heterocycles. The van der Waals surface area contributed by atoms with Gasteiger partial charge in [0.25, 0.3) is 9.04 Å². The first-order chi connectivity index (χ1) is 6.36. The first kappa shape index (κ1) is 10.6. The van der Waals surface area contributed by atoms with E-state index in [0.29, 0.717) is 6.10 Å². The molecule has 1 unspecified atom stereocenters. The molecule has 0 N–H and O–H groups in total. The van der Waals surface area contributed by atoms with Crippen molar-refractivity contribution in [3.8, 4) is 12.0 Å². The lowest BCUT2D eigenvalue weighted by Crippen LogP contribution is -2.26. The van der Waals surface area contributed by atoms with Crippen molar-refractivity contribution in [3.63, 3.8) is 0 Å². The van der Waals surface area contributed by atoms with Crippen LogP contribution in [0.15, 0.2) is 12.7 Å². The van der Waals surface area contributed by atoms with E-state index in [-0.39, 0.29) is 0 Å². The number of hydrogen-bond donors (Lipinski definition) is 0. The van der Waals surface area contributed by atoms with Crippen molar-refractivity contribution in [3.05, 3.63) is 12.7 Å². The Kier molecular flexibility index (Phi) is 4.88. The molecule has 0 bridgehead atoms. The van der Waals surface area contributed by atoms with Crippen molar-refractivity contribution in [1.82, 2.24) is 0 Å². The molecule has 0 amide bonds. The molecule has 1 rings (SSSR count). The normalized spacial score (nSPS) is 20.5. The van der Waals surface area contributed by atoms with Crippen LogP contribution < -0.4 is 0 Å². The fourth-order valence-electron chi connectivity index (χ4n) is 1.75. The predicted octanol–water partition coefficient (Wildman–Crippen LogP) is 2.42. The van der Waals surface area contributed by atoms with E-state index >= 15 is 0 Å². The summed E-state index contributed by atoms with van der Waals surface area (Å²) in [6.45, 7) is 3.70. The SMILES string of the molecule is C#C[SiH](CC=C)OC1CCCCC1. The average Bonchev–Trinajstić information content (AvgIpc) is 2.19. The van der Waals surface area contributed by atoms with Gasteiger partial charge in [0, 0.05) is 6.10 Å². The molecule has 1 aliphatic carbocycles. The molecule has 1 nitrogen and oxygen atoms in total. The van der Waals surface area contributed by atoms with Crippen LogP contribution in [-0.4, -0.2) is 15.1 Å². The topological polar surface area (TPSA) is 9.23 Å². The molecular formula is C11H18OSi. The lowest BCUT2D eigenvalue weighted by atomic mass is 9.98. The molecule has 0 aromatic heterocycles. The lowest BCUT2D eigenvalue weighted by Gasteiger charge is -2.24. The summed E-state index contributed by atoms with van der Waals surface area (Å²) < 4.78 is 5.91. The largest absolute Gasteiger partial charge is 0.405 e. The Morgan fingerprint density at radius 1 is 1.46 bits per heavy atom. The number of hydrogen-bond acceptors (Lipinski definition) is 1. The monoisotopic (exact) mass is 194 g/mol. The summed E-state index contributed by atoms with van der Waals surface area (Å²) >= 11 is 0. The Hall–Kier alpha value is -0.523. The minimum Gasteiger partial charge on any atom is -0.405 e. The molecule has 1 atom stereocenters. The van der Waals surface area contributed by atoms with Crippen molar-refractivity contribution in [2.24, 2.45) is 0 Å². The Morgan fingerprint density at radius 3 is 2.69 bits per heavy atom. The first-order valence-electron chi connectivity index (χ1n) is 5.09. The highest BCUT2D eigenvalue weighted by Crippen LogP contribution is 2.21. The van der Waals surface area contributed by atoms with Crippen molar-refractivity contribution in [2.45, 2.75) is 44.3 Å². The maximum absolute atomic E-state index is 5.91. The van der Waals surface area contributed by atoms with Gasteiger partial charge >= 0.3 is 0 Å². The molecule has 0 aliphatic heterocycles. The van der Waals surface area contributed by atoms with Gasteiger partial charge in [0.05, 0.1) is 0 Å². The van der Waals surface area contributed by atoms with Crippen molar-refractivity contribution in [1.29, 1.82) is 0 Å². The van der Waals surface area contributed by atoms with Gasteiger partial charge in [-0.05, 0) is 18.9 Å². The zero-order chi connectivity index (χ0) is 9.52. The van der Waals surface area contributed by atoms with Crippen LogP contribution in [0.4, 0.5) is 0 Å². The highest BCUT2D eigenvalue weighted by molar-refractivity contribution is 6.61. The van der Waals surface area contributed by atoms with Crippen molar-refractivity contribution in [2.75, 3.05) is 0 Å². The van der Waals surface area contributed by atoms with Crippen LogP contribution in [0.2, 0.25) is 6.04 Å². The Labute approximate surface area is 82.9 Å². The second-order valence-electron chi connectivity index (χ2n) is 3.58. The minimum atomic E-state index is -1.38. The zero-order valence-electron chi connectivity index (χ0n) is 8.17. The van der Waals surface area contributed by atoms with Gasteiger partial charge in [0.1, 0.15) is 0 Å². The lowest BCUT2D eigenvalue weighted by molar-refractivity contribution is 0.157. The summed E-state index contributed by atoms with van der Waals surface area (Å²) in [5.41, 5.74) is 2.80. The van der Waals surface area contributed by atoms with Gasteiger partial charge in [-0.25, -0.2) is 0 Å². The fourth-order valence-corrected chi connectivity index (χ4v) is 3.11. The van der Waals surface area contributed by atoms with Gasteiger partial charge in [-0.15, -0.1) is 18.5 Å². The quantitative estimate of drug-likeness (QED) is 0.379. The maximum atomic E-state index is 5.91. The van der Waals surface area contributed by atoms with E-state index in [1.165, 1.54) is 32.1 Å². The van der Waals surface area contributed by atoms with Crippen molar-refractivity contribution < 1.29 is 4.43 Å². The van der Waals surface area contributed by atoms with E-state index in [9.17, 15) is 0 Å². The van der Waals surface area contributed by atoms with Gasteiger partial charge in [-0.3, -0.25) is 0 Å². The summed E-state index contributed by atoms with van der Waals surface area (Å²) in [7, 11) is -1.38. The molecule has 0 aromatic rings. The van der Waals surface area contributed by atoms with Gasteiger partial charge in [-0.1, -0.05) is 25.3 Å². The third kappa shape index (κ3) is 3.80. The molecule has 0 heterocycles. The Balaban J connectivity index is 2.27. The summed E-state index contributed by atoms with van der Waals surface area (Å²) in [6.07, 6.45) is 14.2. The minimum absolute atomic E-state index is 0.460. The van der Waals surface area contributed by atoms with Gasteiger partial charge < -0.3 is 4.43 Å². The van der Waals surface area contributed by atoms with Gasteiger partial charge in [-0.2, -0.15) is 0 Å². The van der Waals surface area contributed by atoms with E-state index in [2.05, 4.69) is 12.1 Å². The van der Waals surface area contributed by atoms with E-state index in [4.69, 9.17) is 10.8 Å². The molecule has 72 valence electrons. The molecule has 1 aliphatic rings. The van der Waals surface area contributed by atoms with Crippen LogP contribution >= 0.6 is 0 Å². The number of terminal acetylenes is 1. The van der Waals surface area contributed by atoms with Crippen LogP contribution in [0.25, 0.3) is 0 Å². The van der Waals surface area contributed by atoms with Crippen LogP contribution in [0.5, 0.6) is 0 Å². The first-order valence-corrected chi connectivity index (χ1v) is 6.96. The van der Waals surface area contributed by atoms with E-state index in [1.54, 1.807) is 0 Å². The predicted molar refractivity (Wildman–Crippen MR) is 58.9 cm³/mol. The van der Waals surface area contributed by atoms with Crippen LogP contribution in [0, 0.1) is 12.0 Å². The number of allylic oxidation sites excluding steroid dienone is 1. The molecule has 13 heavy (non-hydrogen) atoms. The fraction of sp³-hybridized carbons (Fsp3) is 0.636. The van der Waals surface area contributed by atoms with Crippen LogP contribution in [-0.2, 0) is 4.43 Å². The highest BCUT2D eigenvalue weighted by Gasteiger charge is 2.17. The summed E-state index contributed by atoms with van der Waals surface area (Å²) in [4.78, 5) is 0. The molecule has 1 fully saturated rings. The Morgan fingerprint density at radius 2 is 2.15 bits per heavy atom. The van der Waals surface area contributed by atoms with Crippen LogP contribution in [0.3, 0.4) is 0 Å². The van der Waals surface area contributed by atoms with Crippen LogP contribution in [0.1, 0.15) is 32.1 Å². The summed E-state index contributed by atoms with van der Waals surface area (Å²) in [5.74, 6) is 0. The summed E-state index contributed by atoms with van der Waals surface area (Å²) in [5, 5.41) is 0. The van der Waals surface area contributed by atoms with Gasteiger partial charge in [0.15, 0.2) is 0 Å². The van der Waals surface area contributed by atoms with E-state index in [1.807, 2.05) is 6.08 Å². The third-order valence-corrected chi connectivity index (χ3v) is 4.32. The van der Waals surface area contributed by atoms with Crippen molar-refractivity contribution >= 4 is 9.04 Å². The summed E-state index contributed by atoms with van der Waals surface area (Å²) in [6, 6.07) is 0.910. The molecule has 0 aromatic carbocycles. The van der Waals surface area contributed by atoms with Gasteiger partial charge in [0.2, 0.25) is 0 Å². The molecule has 2 heteroatoms. The number of rotatable bonds is 4. The standard InChI is InChI=1S/C11H18OSi/c1-3-10-13(4-2)12-11-8-6-5-7-9-11/h2-3,11,13H,1,5-10H2. The second-order valence-corrected chi connectivity index (χ2v) is 5.63. The molecule has 0 radical (unpaired) electrons. The molecule has 0 spiro atoms. The van der Waals surface area contributed by atoms with E-state index in [0.717, 1.165) is 6.04 Å². The smallest absolute Gasteiger partial charge is 0.259 e. The molecular weight excluding hydrogens is 176 g/mol. The Bertz CT molecular complexity index is 189. The second kappa shape index (κ2) is 6.01. The highest BCUT2D eigenvalue weighted by atomic mass is 28.3. The maximum Gasteiger partial charge on any atom is 0.259 e.